The molecule has 0 spiro atoms. The first-order valence-corrected chi connectivity index (χ1v) is 9.30. The summed E-state index contributed by atoms with van der Waals surface area (Å²) < 4.78 is 17.2. The van der Waals surface area contributed by atoms with Crippen molar-refractivity contribution in [3.8, 4) is 22.4 Å². The Bertz CT molecular complexity index is 1250. The van der Waals surface area contributed by atoms with Crippen molar-refractivity contribution in [3.63, 3.8) is 0 Å². The first-order valence-electron chi connectivity index (χ1n) is 9.30. The molecule has 0 aliphatic heterocycles. The summed E-state index contributed by atoms with van der Waals surface area (Å²) in [6.45, 7) is 6.81. The number of hydrogen-bond acceptors (Lipinski definition) is 3. The van der Waals surface area contributed by atoms with Gasteiger partial charge in [0.1, 0.15) is 5.82 Å². The smallest absolute Gasteiger partial charge is 0.329 e. The molecule has 0 saturated heterocycles. The molecule has 0 aliphatic rings. The van der Waals surface area contributed by atoms with Crippen LogP contribution in [0.3, 0.4) is 0 Å². The van der Waals surface area contributed by atoms with E-state index in [0.29, 0.717) is 24.5 Å². The van der Waals surface area contributed by atoms with Crippen LogP contribution in [0, 0.1) is 12.7 Å². The lowest BCUT2D eigenvalue weighted by Gasteiger charge is -2.08. The van der Waals surface area contributed by atoms with Gasteiger partial charge < -0.3 is 5.73 Å². The maximum Gasteiger partial charge on any atom is 0.329 e. The first kappa shape index (κ1) is 18.0. The number of rotatable bonds is 4. The monoisotopic (exact) mass is 379 g/mol. The van der Waals surface area contributed by atoms with Crippen molar-refractivity contribution in [1.29, 1.82) is 0 Å². The molecule has 0 radical (unpaired) electrons. The number of H-pyrrole nitrogens is 1. The fourth-order valence-electron chi connectivity index (χ4n) is 3.74. The van der Waals surface area contributed by atoms with Crippen molar-refractivity contribution in [2.45, 2.75) is 33.9 Å². The van der Waals surface area contributed by atoms with Crippen molar-refractivity contribution in [3.05, 3.63) is 58.3 Å². The van der Waals surface area contributed by atoms with Gasteiger partial charge in [-0.2, -0.15) is 5.10 Å². The molecule has 144 valence electrons. The van der Waals surface area contributed by atoms with E-state index in [9.17, 15) is 9.18 Å². The second-order valence-electron chi connectivity index (χ2n) is 6.80. The van der Waals surface area contributed by atoms with Gasteiger partial charge in [0.2, 0.25) is 0 Å². The summed E-state index contributed by atoms with van der Waals surface area (Å²) in [5.41, 5.74) is 11.6. The minimum Gasteiger partial charge on any atom is -0.382 e. The Labute approximate surface area is 161 Å². The van der Waals surface area contributed by atoms with Crippen LogP contribution in [-0.4, -0.2) is 19.3 Å². The van der Waals surface area contributed by atoms with Crippen LogP contribution in [-0.2, 0) is 13.1 Å². The first-order chi connectivity index (χ1) is 13.5. The summed E-state index contributed by atoms with van der Waals surface area (Å²) in [5.74, 6) is 0.101. The van der Waals surface area contributed by atoms with Crippen molar-refractivity contribution >= 4 is 16.9 Å². The molecule has 6 nitrogen and oxygen atoms in total. The van der Waals surface area contributed by atoms with Gasteiger partial charge in [-0.25, -0.2) is 9.18 Å². The van der Waals surface area contributed by atoms with E-state index in [1.165, 1.54) is 6.07 Å². The van der Waals surface area contributed by atoms with Crippen molar-refractivity contribution < 1.29 is 4.39 Å². The van der Waals surface area contributed by atoms with Crippen LogP contribution in [0.1, 0.15) is 19.4 Å². The zero-order valence-corrected chi connectivity index (χ0v) is 16.1. The summed E-state index contributed by atoms with van der Waals surface area (Å²) >= 11 is 0. The molecule has 3 N–H and O–H groups in total. The molecule has 0 unspecified atom stereocenters. The van der Waals surface area contributed by atoms with E-state index in [0.717, 1.165) is 33.4 Å². The maximum atomic E-state index is 13.7. The van der Waals surface area contributed by atoms with Crippen molar-refractivity contribution in [1.82, 2.24) is 19.3 Å². The molecule has 2 aromatic carbocycles. The number of halogens is 1. The molecule has 0 fully saturated rings. The molecule has 28 heavy (non-hydrogen) atoms. The maximum absolute atomic E-state index is 13.7. The van der Waals surface area contributed by atoms with Crippen LogP contribution < -0.4 is 11.4 Å². The summed E-state index contributed by atoms with van der Waals surface area (Å²) in [7, 11) is 0. The fraction of sp³-hybridized carbons (Fsp3) is 0.238. The molecule has 2 aromatic heterocycles. The highest BCUT2D eigenvalue weighted by atomic mass is 19.1. The highest BCUT2D eigenvalue weighted by molar-refractivity contribution is 5.92. The predicted octanol–water partition coefficient (Wildman–Crippen LogP) is 3.93. The quantitative estimate of drug-likeness (QED) is 0.564. The minimum absolute atomic E-state index is 0.0216. The number of imidazole rings is 1. The van der Waals surface area contributed by atoms with E-state index >= 15 is 0 Å². The van der Waals surface area contributed by atoms with Crippen LogP contribution in [0.4, 0.5) is 10.2 Å². The summed E-state index contributed by atoms with van der Waals surface area (Å²) in [6.07, 6.45) is 0. The molecule has 4 aromatic rings. The molecule has 0 amide bonds. The lowest BCUT2D eigenvalue weighted by molar-refractivity contribution is 0.619. The summed E-state index contributed by atoms with van der Waals surface area (Å²) in [4.78, 5) is 12.6. The molecule has 0 bridgehead atoms. The number of nitrogens with zero attached hydrogens (tertiary/aromatic N) is 3. The second kappa shape index (κ2) is 6.67. The standard InChI is InChI=1S/C21H22FN5O/c1-4-26-16-9-7-13(11-17(16)27(5-2)21(26)28)18-19(24-25-20(18)23)14-6-8-15(22)12(3)10-14/h6-11H,4-5H2,1-3H3,(H3,23,24,25). The van der Waals surface area contributed by atoms with Crippen molar-refractivity contribution in [2.24, 2.45) is 0 Å². The number of fused-ring (bicyclic) bond motifs is 1. The highest BCUT2D eigenvalue weighted by Crippen LogP contribution is 2.36. The number of hydrogen-bond donors (Lipinski definition) is 2. The average molecular weight is 379 g/mol. The van der Waals surface area contributed by atoms with E-state index in [-0.39, 0.29) is 11.5 Å². The third-order valence-corrected chi connectivity index (χ3v) is 5.18. The van der Waals surface area contributed by atoms with Gasteiger partial charge in [0, 0.05) is 18.7 Å². The van der Waals surface area contributed by atoms with E-state index in [4.69, 9.17) is 5.73 Å². The summed E-state index contributed by atoms with van der Waals surface area (Å²) in [5, 5.41) is 7.14. The lowest BCUT2D eigenvalue weighted by Crippen LogP contribution is -2.22. The third kappa shape index (κ3) is 2.62. The molecular formula is C21H22FN5O. The van der Waals surface area contributed by atoms with Gasteiger partial charge in [-0.05, 0) is 62.2 Å². The zero-order valence-electron chi connectivity index (χ0n) is 16.1. The third-order valence-electron chi connectivity index (χ3n) is 5.18. The Kier molecular flexibility index (Phi) is 4.30. The Balaban J connectivity index is 1.95. The van der Waals surface area contributed by atoms with E-state index < -0.39 is 0 Å². The van der Waals surface area contributed by atoms with Gasteiger partial charge >= 0.3 is 5.69 Å². The fourth-order valence-corrected chi connectivity index (χ4v) is 3.74. The van der Waals surface area contributed by atoms with Gasteiger partial charge in [0.25, 0.3) is 0 Å². The number of nitrogen functional groups attached to an aromatic ring is 1. The highest BCUT2D eigenvalue weighted by Gasteiger charge is 2.18. The average Bonchev–Trinajstić information content (AvgIpc) is 3.19. The van der Waals surface area contributed by atoms with Crippen LogP contribution in [0.5, 0.6) is 0 Å². The van der Waals surface area contributed by atoms with Gasteiger partial charge in [0.15, 0.2) is 5.82 Å². The molecule has 4 rings (SSSR count). The van der Waals surface area contributed by atoms with Crippen LogP contribution in [0.25, 0.3) is 33.4 Å². The number of nitrogens with two attached hydrogens (primary N) is 1. The SMILES string of the molecule is CCn1c(=O)n(CC)c2cc(-c3c(N)n[nH]c3-c3ccc(F)c(C)c3)ccc21. The van der Waals surface area contributed by atoms with Gasteiger partial charge in [-0.3, -0.25) is 14.2 Å². The molecular weight excluding hydrogens is 357 g/mol. The number of nitrogens with one attached hydrogen (secondary N) is 1. The Morgan fingerprint density at radius 3 is 2.39 bits per heavy atom. The second-order valence-corrected chi connectivity index (χ2v) is 6.80. The number of anilines is 1. The Morgan fingerprint density at radius 2 is 1.71 bits per heavy atom. The zero-order chi connectivity index (χ0) is 20.0. The van der Waals surface area contributed by atoms with E-state index in [2.05, 4.69) is 10.2 Å². The molecule has 0 atom stereocenters. The van der Waals surface area contributed by atoms with Crippen LogP contribution in [0.2, 0.25) is 0 Å². The molecule has 0 saturated carbocycles. The van der Waals surface area contributed by atoms with Crippen molar-refractivity contribution in [2.75, 3.05) is 5.73 Å². The number of aromatic nitrogens is 4. The van der Waals surface area contributed by atoms with Gasteiger partial charge in [-0.15, -0.1) is 0 Å². The van der Waals surface area contributed by atoms with Gasteiger partial charge in [-0.1, -0.05) is 6.07 Å². The summed E-state index contributed by atoms with van der Waals surface area (Å²) in [6, 6.07) is 10.7. The largest absolute Gasteiger partial charge is 0.382 e. The number of aromatic amines is 1. The molecule has 7 heteroatoms. The number of benzene rings is 2. The Morgan fingerprint density at radius 1 is 1.04 bits per heavy atom. The van der Waals surface area contributed by atoms with Crippen LogP contribution in [0.15, 0.2) is 41.2 Å². The topological polar surface area (TPSA) is 81.6 Å². The Hall–Kier alpha value is -3.35. The van der Waals surface area contributed by atoms with Crippen LogP contribution >= 0.6 is 0 Å². The molecule has 0 aliphatic carbocycles. The predicted molar refractivity (Wildman–Crippen MR) is 110 cm³/mol. The van der Waals surface area contributed by atoms with Gasteiger partial charge in [0.05, 0.1) is 22.3 Å². The normalized spacial score (nSPS) is 11.4. The molecule has 2 heterocycles. The van der Waals surface area contributed by atoms with E-state index in [1.54, 1.807) is 28.2 Å². The van der Waals surface area contributed by atoms with E-state index in [1.807, 2.05) is 32.0 Å². The number of aryl methyl sites for hydroxylation is 3. The lowest BCUT2D eigenvalue weighted by atomic mass is 9.99. The minimum atomic E-state index is -0.257.